The van der Waals surface area contributed by atoms with Crippen LogP contribution in [-0.2, 0) is 4.79 Å². The van der Waals surface area contributed by atoms with Crippen molar-refractivity contribution in [1.29, 1.82) is 0 Å². The third-order valence-electron chi connectivity index (χ3n) is 8.95. The van der Waals surface area contributed by atoms with Crippen LogP contribution in [0.3, 0.4) is 0 Å². The fourth-order valence-corrected chi connectivity index (χ4v) is 16.9. The van der Waals surface area contributed by atoms with Crippen LogP contribution in [0.5, 0.6) is 0 Å². The molecule has 0 heterocycles. The van der Waals surface area contributed by atoms with Gasteiger partial charge < -0.3 is 0 Å². The van der Waals surface area contributed by atoms with Gasteiger partial charge in [-0.1, -0.05) is 194 Å². The van der Waals surface area contributed by atoms with Crippen molar-refractivity contribution in [2.75, 3.05) is 0 Å². The molecule has 0 aromatic heterocycles. The van der Waals surface area contributed by atoms with E-state index in [1.165, 1.54) is 31.1 Å². The van der Waals surface area contributed by atoms with E-state index < -0.39 is 16.1 Å². The number of Topliss-reactive ketones (excluding diaryl/α,β-unsaturated/α-hetero) is 1. The molecule has 0 bridgehead atoms. The molecule has 1 aliphatic carbocycles. The number of hydrogen-bond donors (Lipinski definition) is 0. The Kier molecular flexibility index (Phi) is 7.49. The maximum atomic E-state index is 15.6. The van der Waals surface area contributed by atoms with E-state index in [2.05, 4.69) is 194 Å². The molecule has 1 aliphatic rings. The second-order valence-corrected chi connectivity index (χ2v) is 18.7. The SMILES string of the molecule is O=C1C([Si](c2ccccc2)(c2ccccc2)c2ccccc2)=CC=C1[Si](c1ccccc1)(c1ccccc1)c1ccccc1. The topological polar surface area (TPSA) is 17.1 Å². The number of carbonyl (C=O) groups excluding carboxylic acids is 1. The second kappa shape index (κ2) is 11.9. The first kappa shape index (κ1) is 27.7. The van der Waals surface area contributed by atoms with Gasteiger partial charge in [0.05, 0.1) is 0 Å². The lowest BCUT2D eigenvalue weighted by atomic mass is 10.3. The number of ketones is 1. The van der Waals surface area contributed by atoms with E-state index in [-0.39, 0.29) is 5.78 Å². The molecule has 0 unspecified atom stereocenters. The first-order valence-electron chi connectivity index (χ1n) is 15.1. The zero-order valence-corrected chi connectivity index (χ0v) is 26.4. The Labute approximate surface area is 261 Å². The summed E-state index contributed by atoms with van der Waals surface area (Å²) in [6.45, 7) is 0. The largest absolute Gasteiger partial charge is 0.290 e. The molecule has 0 amide bonds. The molecular formula is C41H32OSi2. The Morgan fingerprint density at radius 3 is 0.636 bits per heavy atom. The number of carbonyl (C=O) groups is 1. The Balaban J connectivity index is 1.52. The van der Waals surface area contributed by atoms with Crippen LogP contribution in [0.2, 0.25) is 0 Å². The monoisotopic (exact) mass is 596 g/mol. The first-order chi connectivity index (χ1) is 21.8. The summed E-state index contributed by atoms with van der Waals surface area (Å²) >= 11 is 0. The minimum absolute atomic E-state index is 0.163. The van der Waals surface area contributed by atoms with Crippen LogP contribution in [0, 0.1) is 0 Å². The van der Waals surface area contributed by atoms with Gasteiger partial charge in [0.2, 0.25) is 0 Å². The zero-order valence-electron chi connectivity index (χ0n) is 24.4. The van der Waals surface area contributed by atoms with E-state index >= 15 is 4.79 Å². The van der Waals surface area contributed by atoms with E-state index in [1.54, 1.807) is 0 Å². The Morgan fingerprint density at radius 1 is 0.273 bits per heavy atom. The third kappa shape index (κ3) is 4.41. The Morgan fingerprint density at radius 2 is 0.455 bits per heavy atom. The fourth-order valence-electron chi connectivity index (χ4n) is 7.12. The number of hydrogen-bond acceptors (Lipinski definition) is 1. The second-order valence-electron chi connectivity index (χ2n) is 11.2. The maximum Gasteiger partial charge on any atom is 0.184 e. The van der Waals surface area contributed by atoms with Crippen molar-refractivity contribution in [3.63, 3.8) is 0 Å². The molecule has 1 nitrogen and oxygen atoms in total. The van der Waals surface area contributed by atoms with Gasteiger partial charge in [0.15, 0.2) is 21.9 Å². The van der Waals surface area contributed by atoms with Crippen LogP contribution in [-0.4, -0.2) is 21.9 Å². The van der Waals surface area contributed by atoms with E-state index in [9.17, 15) is 0 Å². The molecule has 0 atom stereocenters. The lowest BCUT2D eigenvalue weighted by molar-refractivity contribution is -0.111. The molecule has 44 heavy (non-hydrogen) atoms. The smallest absolute Gasteiger partial charge is 0.184 e. The van der Waals surface area contributed by atoms with Crippen LogP contribution >= 0.6 is 0 Å². The van der Waals surface area contributed by atoms with Gasteiger partial charge in [0, 0.05) is 10.4 Å². The predicted octanol–water partition coefficient (Wildman–Crippen LogP) is 4.84. The van der Waals surface area contributed by atoms with Crippen molar-refractivity contribution >= 4 is 53.1 Å². The molecule has 3 heteroatoms. The highest BCUT2D eigenvalue weighted by molar-refractivity contribution is 7.22. The van der Waals surface area contributed by atoms with Gasteiger partial charge >= 0.3 is 0 Å². The predicted molar refractivity (Wildman–Crippen MR) is 189 cm³/mol. The van der Waals surface area contributed by atoms with Crippen molar-refractivity contribution in [3.05, 3.63) is 205 Å². The summed E-state index contributed by atoms with van der Waals surface area (Å²) in [5.74, 6) is 0.163. The molecule has 210 valence electrons. The molecule has 0 saturated heterocycles. The highest BCUT2D eigenvalue weighted by atomic mass is 28.3. The normalized spacial score (nSPS) is 13.3. The minimum atomic E-state index is -3.00. The molecule has 6 aromatic carbocycles. The summed E-state index contributed by atoms with van der Waals surface area (Å²) in [6.07, 6.45) is 4.35. The summed E-state index contributed by atoms with van der Waals surface area (Å²) < 4.78 is 0. The summed E-state index contributed by atoms with van der Waals surface area (Å²) in [7, 11) is -5.99. The van der Waals surface area contributed by atoms with Crippen molar-refractivity contribution in [1.82, 2.24) is 0 Å². The van der Waals surface area contributed by atoms with Crippen molar-refractivity contribution in [2.45, 2.75) is 0 Å². The quantitative estimate of drug-likeness (QED) is 0.182. The lowest BCUT2D eigenvalue weighted by Crippen LogP contribution is -2.72. The van der Waals surface area contributed by atoms with E-state index in [4.69, 9.17) is 0 Å². The van der Waals surface area contributed by atoms with Crippen molar-refractivity contribution in [3.8, 4) is 0 Å². The number of benzene rings is 6. The summed E-state index contributed by atoms with van der Waals surface area (Å²) in [6, 6.07) is 64.2. The van der Waals surface area contributed by atoms with Gasteiger partial charge in [-0.05, 0) is 31.1 Å². The molecule has 0 N–H and O–H groups in total. The Hall–Kier alpha value is -5.10. The molecule has 7 rings (SSSR count). The molecule has 0 spiro atoms. The molecule has 0 radical (unpaired) electrons. The molecule has 0 fully saturated rings. The molecule has 0 aliphatic heterocycles. The van der Waals surface area contributed by atoms with E-state index in [1.807, 2.05) is 0 Å². The summed E-state index contributed by atoms with van der Waals surface area (Å²) in [5, 5.41) is 9.06. The fraction of sp³-hybridized carbons (Fsp3) is 0. The van der Waals surface area contributed by atoms with Crippen molar-refractivity contribution in [2.24, 2.45) is 0 Å². The van der Waals surface area contributed by atoms with Gasteiger partial charge in [-0.15, -0.1) is 0 Å². The van der Waals surface area contributed by atoms with Gasteiger partial charge in [-0.3, -0.25) is 4.79 Å². The molecule has 0 saturated carbocycles. The number of allylic oxidation sites excluding steroid dienone is 4. The van der Waals surface area contributed by atoms with E-state index in [0.29, 0.717) is 0 Å². The standard InChI is InChI=1S/C41H32OSi2/c42-41-39(43(33-19-7-1-8-20-33,34-21-9-2-10-22-34)35-23-11-3-12-24-35)31-32-40(41)44(36-25-13-4-14-26-36,37-27-15-5-16-28-37)38-29-17-6-18-30-38/h1-32H. The van der Waals surface area contributed by atoms with Gasteiger partial charge in [0.1, 0.15) is 0 Å². The lowest BCUT2D eigenvalue weighted by Gasteiger charge is -2.38. The number of rotatable bonds is 8. The maximum absolute atomic E-state index is 15.6. The van der Waals surface area contributed by atoms with Crippen LogP contribution in [0.1, 0.15) is 0 Å². The van der Waals surface area contributed by atoms with E-state index in [0.717, 1.165) is 10.4 Å². The van der Waals surface area contributed by atoms with Crippen LogP contribution in [0.15, 0.2) is 205 Å². The third-order valence-corrected chi connectivity index (χ3v) is 18.6. The van der Waals surface area contributed by atoms with Gasteiger partial charge in [0.25, 0.3) is 0 Å². The highest BCUT2D eigenvalue weighted by Crippen LogP contribution is 2.31. The Bertz CT molecular complexity index is 1600. The summed E-state index contributed by atoms with van der Waals surface area (Å²) in [5.41, 5.74) is 0. The van der Waals surface area contributed by atoms with Gasteiger partial charge in [-0.25, -0.2) is 0 Å². The van der Waals surface area contributed by atoms with Crippen molar-refractivity contribution < 1.29 is 4.79 Å². The minimum Gasteiger partial charge on any atom is -0.290 e. The van der Waals surface area contributed by atoms with Crippen LogP contribution in [0.4, 0.5) is 0 Å². The van der Waals surface area contributed by atoms with Crippen LogP contribution in [0.25, 0.3) is 0 Å². The van der Waals surface area contributed by atoms with Crippen LogP contribution < -0.4 is 31.1 Å². The highest BCUT2D eigenvalue weighted by Gasteiger charge is 2.53. The average molecular weight is 597 g/mol. The molecular weight excluding hydrogens is 565 g/mol. The van der Waals surface area contributed by atoms with Gasteiger partial charge in [-0.2, -0.15) is 0 Å². The summed E-state index contributed by atoms with van der Waals surface area (Å²) in [4.78, 5) is 15.6. The zero-order chi connectivity index (χ0) is 29.8. The first-order valence-corrected chi connectivity index (χ1v) is 19.1. The molecule has 6 aromatic rings. The average Bonchev–Trinajstić information content (AvgIpc) is 3.49.